The van der Waals surface area contributed by atoms with Gasteiger partial charge in [-0.3, -0.25) is 4.79 Å². The van der Waals surface area contributed by atoms with Gasteiger partial charge in [-0.2, -0.15) is 0 Å². The molecule has 2 aliphatic rings. The number of hydrogen-bond donors (Lipinski definition) is 9. The number of phenolic OH excluding ortho intramolecular Hbond substituents is 4. The van der Waals surface area contributed by atoms with E-state index in [-0.39, 0.29) is 23.5 Å². The lowest BCUT2D eigenvalue weighted by Crippen LogP contribution is -2.60. The number of rotatable bonds is 5. The first-order chi connectivity index (χ1) is 19.0. The van der Waals surface area contributed by atoms with Crippen LogP contribution in [0.1, 0.15) is 0 Å². The summed E-state index contributed by atoms with van der Waals surface area (Å²) in [5.74, 6) is -3.07. The first kappa shape index (κ1) is 27.9. The van der Waals surface area contributed by atoms with E-state index in [0.29, 0.717) is 0 Å². The van der Waals surface area contributed by atoms with Crippen molar-refractivity contribution >= 4 is 11.0 Å². The molecule has 0 amide bonds. The maximum Gasteiger partial charge on any atom is 0.239 e. The van der Waals surface area contributed by atoms with E-state index in [2.05, 4.69) is 0 Å². The third-order valence-corrected chi connectivity index (χ3v) is 6.59. The summed E-state index contributed by atoms with van der Waals surface area (Å²) in [6.07, 6.45) is -12.7. The number of ether oxygens (including phenoxy) is 4. The van der Waals surface area contributed by atoms with Crippen LogP contribution in [0.5, 0.6) is 28.7 Å². The zero-order valence-electron chi connectivity index (χ0n) is 20.4. The zero-order chi connectivity index (χ0) is 28.9. The molecule has 0 radical (unpaired) electrons. The normalized spacial score (nSPS) is 30.8. The summed E-state index contributed by atoms with van der Waals surface area (Å²) in [5.41, 5.74) is -1.20. The summed E-state index contributed by atoms with van der Waals surface area (Å²) in [5, 5.41) is 90.3. The molecule has 2 aromatic carbocycles. The molecule has 5 rings (SSSR count). The molecule has 15 heteroatoms. The Labute approximate surface area is 223 Å². The van der Waals surface area contributed by atoms with Crippen molar-refractivity contribution in [1.82, 2.24) is 0 Å². The number of fused-ring (bicyclic) bond motifs is 1. The smallest absolute Gasteiger partial charge is 0.239 e. The number of phenols is 4. The van der Waals surface area contributed by atoms with E-state index in [0.717, 1.165) is 24.3 Å². The Morgan fingerprint density at radius 1 is 0.750 bits per heavy atom. The maximum absolute atomic E-state index is 13.4. The van der Waals surface area contributed by atoms with Gasteiger partial charge in [-0.1, -0.05) is 0 Å². The van der Waals surface area contributed by atoms with Gasteiger partial charge in [-0.25, -0.2) is 0 Å². The minimum Gasteiger partial charge on any atom is -0.508 e. The summed E-state index contributed by atoms with van der Waals surface area (Å²) in [4.78, 5) is 13.4. The Morgan fingerprint density at radius 2 is 1.45 bits per heavy atom. The van der Waals surface area contributed by atoms with Gasteiger partial charge < -0.3 is 69.3 Å². The Hall–Kier alpha value is -3.67. The predicted molar refractivity (Wildman–Crippen MR) is 130 cm³/mol. The Kier molecular flexibility index (Phi) is 7.47. The van der Waals surface area contributed by atoms with Crippen molar-refractivity contribution in [2.24, 2.45) is 0 Å². The van der Waals surface area contributed by atoms with Crippen LogP contribution in [0.4, 0.5) is 0 Å². The highest BCUT2D eigenvalue weighted by molar-refractivity contribution is 5.88. The highest BCUT2D eigenvalue weighted by atomic mass is 16.7. The molecule has 3 heterocycles. The molecule has 0 spiro atoms. The average molecular weight is 566 g/mol. The van der Waals surface area contributed by atoms with Crippen LogP contribution in [0, 0.1) is 0 Å². The molecule has 3 aromatic rings. The number of hydrogen-bond acceptors (Lipinski definition) is 15. The summed E-state index contributed by atoms with van der Waals surface area (Å²) in [6.45, 7) is -0.819. The number of aromatic hydroxyl groups is 4. The van der Waals surface area contributed by atoms with Crippen molar-refractivity contribution in [2.45, 2.75) is 49.2 Å². The van der Waals surface area contributed by atoms with Crippen LogP contribution in [0.25, 0.3) is 22.3 Å². The maximum atomic E-state index is 13.4. The lowest BCUT2D eigenvalue weighted by Gasteiger charge is -2.41. The van der Waals surface area contributed by atoms with Crippen LogP contribution < -0.4 is 10.2 Å². The lowest BCUT2D eigenvalue weighted by atomic mass is 10.0. The molecule has 0 unspecified atom stereocenters. The fourth-order valence-corrected chi connectivity index (χ4v) is 4.41. The molecule has 15 nitrogen and oxygen atoms in total. The molecule has 8 atom stereocenters. The molecule has 9 N–H and O–H groups in total. The second kappa shape index (κ2) is 10.7. The molecule has 2 fully saturated rings. The van der Waals surface area contributed by atoms with E-state index in [1.165, 1.54) is 6.07 Å². The highest BCUT2D eigenvalue weighted by Gasteiger charge is 2.46. The molecule has 0 aliphatic carbocycles. The van der Waals surface area contributed by atoms with Gasteiger partial charge in [0, 0.05) is 17.7 Å². The molecule has 2 saturated heterocycles. The van der Waals surface area contributed by atoms with Gasteiger partial charge in [0.1, 0.15) is 59.1 Å². The van der Waals surface area contributed by atoms with Crippen molar-refractivity contribution in [3.05, 3.63) is 40.6 Å². The minimum absolute atomic E-state index is 0.0170. The molecule has 0 bridgehead atoms. The van der Waals surface area contributed by atoms with Crippen molar-refractivity contribution in [3.8, 4) is 40.1 Å². The molecule has 216 valence electrons. The van der Waals surface area contributed by atoms with Crippen molar-refractivity contribution in [2.75, 3.05) is 13.2 Å². The summed E-state index contributed by atoms with van der Waals surface area (Å²) < 4.78 is 27.4. The summed E-state index contributed by atoms with van der Waals surface area (Å²) >= 11 is 0. The fraction of sp³-hybridized carbons (Fsp3) is 0.400. The molecule has 0 saturated carbocycles. The second-order valence-electron chi connectivity index (χ2n) is 9.36. The first-order valence-electron chi connectivity index (χ1n) is 12.0. The summed E-state index contributed by atoms with van der Waals surface area (Å²) in [6, 6.07) is 5.37. The van der Waals surface area contributed by atoms with Crippen molar-refractivity contribution in [3.63, 3.8) is 0 Å². The Morgan fingerprint density at radius 3 is 2.17 bits per heavy atom. The van der Waals surface area contributed by atoms with Crippen molar-refractivity contribution in [1.29, 1.82) is 0 Å². The van der Waals surface area contributed by atoms with E-state index in [4.69, 9.17) is 23.4 Å². The Bertz CT molecular complexity index is 1450. The van der Waals surface area contributed by atoms with Gasteiger partial charge in [0.05, 0.1) is 13.2 Å². The molecular weight excluding hydrogens is 540 g/mol. The SMILES string of the molecule is O=c1c(O[C@H]2OC[C@@H](O[C@H]3OC[C@H](O)[C@H](O)[C@@H]3O)[C@H](O)[C@@H]2O)c(-c2ccc(O)c(O)c2)oc2cc(O)cc(O)c12. The third-order valence-electron chi connectivity index (χ3n) is 6.59. The predicted octanol–water partition coefficient (Wildman–Crippen LogP) is -1.44. The molecule has 2 aliphatic heterocycles. The average Bonchev–Trinajstić information content (AvgIpc) is 2.90. The second-order valence-corrected chi connectivity index (χ2v) is 9.36. The molecular formula is C25H26O15. The number of aliphatic hydroxyl groups excluding tert-OH is 5. The van der Waals surface area contributed by atoms with Crippen LogP contribution in [-0.4, -0.2) is 108 Å². The molecule has 1 aromatic heterocycles. The Balaban J connectivity index is 1.45. The largest absolute Gasteiger partial charge is 0.508 e. The topological polar surface area (TPSA) is 249 Å². The fourth-order valence-electron chi connectivity index (χ4n) is 4.41. The minimum atomic E-state index is -1.86. The van der Waals surface area contributed by atoms with E-state index >= 15 is 0 Å². The van der Waals surface area contributed by atoms with Crippen LogP contribution in [0.15, 0.2) is 39.5 Å². The first-order valence-corrected chi connectivity index (χ1v) is 12.0. The van der Waals surface area contributed by atoms with Crippen LogP contribution in [-0.2, 0) is 14.2 Å². The van der Waals surface area contributed by atoms with E-state index in [9.17, 15) is 50.8 Å². The third kappa shape index (κ3) is 5.00. The van der Waals surface area contributed by atoms with E-state index in [1.54, 1.807) is 0 Å². The van der Waals surface area contributed by atoms with E-state index < -0.39 is 95.4 Å². The standard InChI is InChI=1S/C25H26O15/c26-9-4-12(29)16-14(5-9)38-22(8-1-2-10(27)11(28)3-8)23(19(16)33)40-25-21(35)18(32)15(7-37-25)39-24-20(34)17(31)13(30)6-36-24/h1-5,13,15,17-18,20-21,24-32,34-35H,6-7H2/t13-,15+,17-,18-,20-,21-,24+,25+/m0/s1. The van der Waals surface area contributed by atoms with Crippen LogP contribution in [0.2, 0.25) is 0 Å². The van der Waals surface area contributed by atoms with Gasteiger partial charge >= 0.3 is 0 Å². The monoisotopic (exact) mass is 566 g/mol. The van der Waals surface area contributed by atoms with Gasteiger partial charge in [0.15, 0.2) is 23.5 Å². The van der Waals surface area contributed by atoms with Gasteiger partial charge in [-0.15, -0.1) is 0 Å². The van der Waals surface area contributed by atoms with Gasteiger partial charge in [0.25, 0.3) is 0 Å². The zero-order valence-corrected chi connectivity index (χ0v) is 20.4. The molecule has 40 heavy (non-hydrogen) atoms. The summed E-state index contributed by atoms with van der Waals surface area (Å²) in [7, 11) is 0. The van der Waals surface area contributed by atoms with Crippen molar-refractivity contribution < 1.29 is 69.3 Å². The van der Waals surface area contributed by atoms with E-state index in [1.807, 2.05) is 0 Å². The van der Waals surface area contributed by atoms with Gasteiger partial charge in [-0.05, 0) is 18.2 Å². The highest BCUT2D eigenvalue weighted by Crippen LogP contribution is 2.39. The number of aliphatic hydroxyl groups is 5. The van der Waals surface area contributed by atoms with Crippen LogP contribution >= 0.6 is 0 Å². The number of benzene rings is 2. The quantitative estimate of drug-likeness (QED) is 0.160. The van der Waals surface area contributed by atoms with Gasteiger partial charge in [0.2, 0.25) is 17.5 Å². The van der Waals surface area contributed by atoms with Crippen LogP contribution in [0.3, 0.4) is 0 Å². The lowest BCUT2D eigenvalue weighted by molar-refractivity contribution is -0.320.